The van der Waals surface area contributed by atoms with Gasteiger partial charge in [-0.1, -0.05) is 6.07 Å². The van der Waals surface area contributed by atoms with Crippen molar-refractivity contribution in [1.29, 1.82) is 0 Å². The van der Waals surface area contributed by atoms with Crippen LogP contribution in [0.1, 0.15) is 29.4 Å². The molecule has 1 aromatic carbocycles. The zero-order valence-electron chi connectivity index (χ0n) is 11.5. The number of aromatic nitrogens is 2. The molecule has 1 aliphatic carbocycles. The molecule has 0 saturated carbocycles. The fourth-order valence-corrected chi connectivity index (χ4v) is 2.95. The molecule has 19 heavy (non-hydrogen) atoms. The molecule has 1 unspecified atom stereocenters. The van der Waals surface area contributed by atoms with Gasteiger partial charge < -0.3 is 10.3 Å². The molecule has 1 aliphatic rings. The quantitative estimate of drug-likeness (QED) is 0.856. The topological polar surface area (TPSA) is 47.1 Å². The van der Waals surface area contributed by atoms with Gasteiger partial charge in [0.1, 0.15) is 5.82 Å². The monoisotopic (exact) mass is 256 g/mol. The van der Waals surface area contributed by atoms with Gasteiger partial charge in [0.25, 0.3) is 0 Å². The van der Waals surface area contributed by atoms with Gasteiger partial charge in [-0.3, -0.25) is 4.90 Å². The molecule has 0 fully saturated rings. The minimum atomic E-state index is 0.479. The largest absolute Gasteiger partial charge is 0.399 e. The summed E-state index contributed by atoms with van der Waals surface area (Å²) < 4.78 is 2.08. The summed E-state index contributed by atoms with van der Waals surface area (Å²) in [5.74, 6) is 1.10. The van der Waals surface area contributed by atoms with E-state index in [0.717, 1.165) is 24.5 Å². The van der Waals surface area contributed by atoms with Crippen molar-refractivity contribution < 1.29 is 0 Å². The van der Waals surface area contributed by atoms with E-state index in [1.54, 1.807) is 0 Å². The maximum atomic E-state index is 5.85. The van der Waals surface area contributed by atoms with E-state index in [1.165, 1.54) is 17.5 Å². The van der Waals surface area contributed by atoms with E-state index in [2.05, 4.69) is 33.6 Å². The summed E-state index contributed by atoms with van der Waals surface area (Å²) in [6, 6.07) is 6.78. The Kier molecular flexibility index (Phi) is 3.03. The second-order valence-electron chi connectivity index (χ2n) is 5.38. The van der Waals surface area contributed by atoms with Gasteiger partial charge in [-0.15, -0.1) is 0 Å². The van der Waals surface area contributed by atoms with Crippen molar-refractivity contribution in [2.24, 2.45) is 7.05 Å². The summed E-state index contributed by atoms with van der Waals surface area (Å²) in [7, 11) is 4.21. The lowest BCUT2D eigenvalue weighted by Gasteiger charge is -2.24. The number of nitrogen functional groups attached to an aromatic ring is 1. The van der Waals surface area contributed by atoms with E-state index < -0.39 is 0 Å². The van der Waals surface area contributed by atoms with Crippen LogP contribution in [-0.2, 0) is 20.0 Å². The van der Waals surface area contributed by atoms with Crippen LogP contribution in [0, 0.1) is 0 Å². The number of imidazole rings is 1. The predicted octanol–water partition coefficient (Wildman–Crippen LogP) is 2.12. The fraction of sp³-hybridized carbons (Fsp3) is 0.400. The van der Waals surface area contributed by atoms with E-state index in [4.69, 9.17) is 5.73 Å². The molecule has 0 spiro atoms. The van der Waals surface area contributed by atoms with Crippen LogP contribution in [0.4, 0.5) is 5.69 Å². The summed E-state index contributed by atoms with van der Waals surface area (Å²) >= 11 is 0. The van der Waals surface area contributed by atoms with Crippen molar-refractivity contribution in [3.8, 4) is 0 Å². The lowest BCUT2D eigenvalue weighted by atomic mass is 10.1. The first kappa shape index (κ1) is 12.2. The number of rotatable bonds is 3. The highest BCUT2D eigenvalue weighted by molar-refractivity contribution is 5.47. The molecule has 0 radical (unpaired) electrons. The summed E-state index contributed by atoms with van der Waals surface area (Å²) in [5, 5.41) is 0. The molecule has 0 bridgehead atoms. The molecule has 2 N–H and O–H groups in total. The first-order valence-corrected chi connectivity index (χ1v) is 6.70. The first-order chi connectivity index (χ1) is 9.15. The third kappa shape index (κ3) is 2.24. The van der Waals surface area contributed by atoms with Crippen LogP contribution in [0.5, 0.6) is 0 Å². The van der Waals surface area contributed by atoms with Crippen LogP contribution in [0.15, 0.2) is 30.6 Å². The van der Waals surface area contributed by atoms with Crippen molar-refractivity contribution in [2.45, 2.75) is 25.4 Å². The number of hydrogen-bond acceptors (Lipinski definition) is 3. The van der Waals surface area contributed by atoms with Crippen molar-refractivity contribution in [3.63, 3.8) is 0 Å². The minimum Gasteiger partial charge on any atom is -0.399 e. The maximum absolute atomic E-state index is 5.85. The number of aryl methyl sites for hydroxylation is 2. The van der Waals surface area contributed by atoms with Gasteiger partial charge >= 0.3 is 0 Å². The van der Waals surface area contributed by atoms with Gasteiger partial charge in [0.05, 0.1) is 6.54 Å². The SMILES string of the molecule is CN(Cc1nccn1C)C1CCc2cc(N)ccc21. The van der Waals surface area contributed by atoms with Crippen LogP contribution in [0.2, 0.25) is 0 Å². The lowest BCUT2D eigenvalue weighted by molar-refractivity contribution is 0.228. The van der Waals surface area contributed by atoms with Gasteiger partial charge in [-0.2, -0.15) is 0 Å². The highest BCUT2D eigenvalue weighted by Gasteiger charge is 2.26. The van der Waals surface area contributed by atoms with Crippen LogP contribution in [0.25, 0.3) is 0 Å². The molecule has 4 heteroatoms. The number of fused-ring (bicyclic) bond motifs is 1. The smallest absolute Gasteiger partial charge is 0.122 e. The maximum Gasteiger partial charge on any atom is 0.122 e. The second-order valence-corrected chi connectivity index (χ2v) is 5.38. The van der Waals surface area contributed by atoms with Crippen LogP contribution >= 0.6 is 0 Å². The van der Waals surface area contributed by atoms with E-state index >= 15 is 0 Å². The average Bonchev–Trinajstić information content (AvgIpc) is 2.96. The molecule has 1 aromatic heterocycles. The summed E-state index contributed by atoms with van der Waals surface area (Å²) in [6.45, 7) is 0.873. The Balaban J connectivity index is 1.80. The second kappa shape index (κ2) is 4.70. The predicted molar refractivity (Wildman–Crippen MR) is 76.6 cm³/mol. The summed E-state index contributed by atoms with van der Waals surface area (Å²) in [5.41, 5.74) is 9.54. The molecule has 4 nitrogen and oxygen atoms in total. The minimum absolute atomic E-state index is 0.479. The lowest BCUT2D eigenvalue weighted by Crippen LogP contribution is -2.24. The molecule has 0 amide bonds. The van der Waals surface area contributed by atoms with Crippen LogP contribution < -0.4 is 5.73 Å². The number of benzene rings is 1. The first-order valence-electron chi connectivity index (χ1n) is 6.70. The Morgan fingerprint density at radius 3 is 3.05 bits per heavy atom. The van der Waals surface area contributed by atoms with Crippen molar-refractivity contribution in [1.82, 2.24) is 14.5 Å². The Hall–Kier alpha value is -1.81. The number of hydrogen-bond donors (Lipinski definition) is 1. The van der Waals surface area contributed by atoms with Crippen molar-refractivity contribution in [2.75, 3.05) is 12.8 Å². The highest BCUT2D eigenvalue weighted by Crippen LogP contribution is 2.36. The average molecular weight is 256 g/mol. The van der Waals surface area contributed by atoms with Crippen LogP contribution in [0.3, 0.4) is 0 Å². The molecular formula is C15H20N4. The number of anilines is 1. The van der Waals surface area contributed by atoms with Gasteiger partial charge in [0.2, 0.25) is 0 Å². The molecule has 0 aliphatic heterocycles. The van der Waals surface area contributed by atoms with E-state index in [0.29, 0.717) is 6.04 Å². The Bertz CT molecular complexity index is 588. The normalized spacial score (nSPS) is 17.9. The number of nitrogens with zero attached hydrogens (tertiary/aromatic N) is 3. The van der Waals surface area contributed by atoms with E-state index in [1.807, 2.05) is 25.5 Å². The van der Waals surface area contributed by atoms with Gasteiger partial charge in [0.15, 0.2) is 0 Å². The third-order valence-corrected chi connectivity index (χ3v) is 4.06. The van der Waals surface area contributed by atoms with Crippen molar-refractivity contribution in [3.05, 3.63) is 47.5 Å². The van der Waals surface area contributed by atoms with Gasteiger partial charge in [-0.05, 0) is 43.1 Å². The van der Waals surface area contributed by atoms with E-state index in [9.17, 15) is 0 Å². The van der Waals surface area contributed by atoms with E-state index in [-0.39, 0.29) is 0 Å². The molecular weight excluding hydrogens is 236 g/mol. The summed E-state index contributed by atoms with van der Waals surface area (Å²) in [6.07, 6.45) is 6.13. The Morgan fingerprint density at radius 2 is 2.32 bits per heavy atom. The standard InChI is InChI=1S/C15H20N4/c1-18-8-7-17-15(18)10-19(2)14-6-3-11-9-12(16)4-5-13(11)14/h4-5,7-9,14H,3,6,10,16H2,1-2H3. The third-order valence-electron chi connectivity index (χ3n) is 4.06. The highest BCUT2D eigenvalue weighted by atomic mass is 15.2. The summed E-state index contributed by atoms with van der Waals surface area (Å²) in [4.78, 5) is 6.78. The Morgan fingerprint density at radius 1 is 1.47 bits per heavy atom. The molecule has 100 valence electrons. The molecule has 2 aromatic rings. The fourth-order valence-electron chi connectivity index (χ4n) is 2.95. The van der Waals surface area contributed by atoms with Gasteiger partial charge in [0, 0.05) is 31.2 Å². The molecule has 3 rings (SSSR count). The number of nitrogens with two attached hydrogens (primary N) is 1. The molecule has 1 heterocycles. The van der Waals surface area contributed by atoms with Crippen molar-refractivity contribution >= 4 is 5.69 Å². The molecule has 1 atom stereocenters. The van der Waals surface area contributed by atoms with Crippen LogP contribution in [-0.4, -0.2) is 21.5 Å². The molecule has 0 saturated heterocycles. The Labute approximate surface area is 113 Å². The zero-order chi connectivity index (χ0) is 13.4. The zero-order valence-corrected chi connectivity index (χ0v) is 11.5. The van der Waals surface area contributed by atoms with Gasteiger partial charge in [-0.25, -0.2) is 4.98 Å².